The van der Waals surface area contributed by atoms with Gasteiger partial charge in [-0.25, -0.2) is 10.9 Å². The van der Waals surface area contributed by atoms with E-state index in [4.69, 9.17) is 5.26 Å². The Balaban J connectivity index is 2.77. The second kappa shape index (κ2) is 5.30. The van der Waals surface area contributed by atoms with Crippen LogP contribution in [0.25, 0.3) is 0 Å². The Morgan fingerprint density at radius 3 is 2.39 bits per heavy atom. The summed E-state index contributed by atoms with van der Waals surface area (Å²) in [5.41, 5.74) is 1.63. The highest BCUT2D eigenvalue weighted by molar-refractivity contribution is 5.24. The molecule has 1 rings (SSSR count). The van der Waals surface area contributed by atoms with E-state index >= 15 is 0 Å². The van der Waals surface area contributed by atoms with Crippen molar-refractivity contribution in [3.05, 3.63) is 30.1 Å². The molecular formula is C10H11F3N4O. The van der Waals surface area contributed by atoms with E-state index in [1.54, 1.807) is 0 Å². The molecule has 0 spiro atoms. The van der Waals surface area contributed by atoms with Gasteiger partial charge in [0.25, 0.3) is 0 Å². The summed E-state index contributed by atoms with van der Waals surface area (Å²) in [5.74, 6) is 0. The lowest BCUT2D eigenvalue weighted by Crippen LogP contribution is -2.55. The minimum atomic E-state index is -4.48. The smallest absolute Gasteiger partial charge is 0.359 e. The summed E-state index contributed by atoms with van der Waals surface area (Å²) in [7, 11) is 0. The zero-order valence-electron chi connectivity index (χ0n) is 9.36. The van der Waals surface area contributed by atoms with Crippen molar-refractivity contribution in [3.63, 3.8) is 0 Å². The SMILES string of the molecule is CC(NNC(O)(C#N)c1ccncc1)C(F)(F)F. The predicted octanol–water partition coefficient (Wildman–Crippen LogP) is 0.795. The number of hydrogen-bond acceptors (Lipinski definition) is 5. The van der Waals surface area contributed by atoms with Gasteiger partial charge in [-0.05, 0) is 19.1 Å². The Kier molecular flexibility index (Phi) is 4.24. The van der Waals surface area contributed by atoms with Crippen molar-refractivity contribution in [2.75, 3.05) is 0 Å². The van der Waals surface area contributed by atoms with Crippen molar-refractivity contribution >= 4 is 0 Å². The van der Waals surface area contributed by atoms with Crippen LogP contribution in [0.1, 0.15) is 12.5 Å². The molecule has 2 unspecified atom stereocenters. The molecule has 0 aliphatic heterocycles. The second-order valence-corrected chi connectivity index (χ2v) is 3.59. The van der Waals surface area contributed by atoms with Crippen LogP contribution in [-0.4, -0.2) is 22.3 Å². The lowest BCUT2D eigenvalue weighted by molar-refractivity contribution is -0.158. The molecule has 0 aliphatic carbocycles. The molecule has 1 aromatic heterocycles. The molecule has 1 heterocycles. The van der Waals surface area contributed by atoms with Crippen molar-refractivity contribution in [3.8, 4) is 6.07 Å². The Morgan fingerprint density at radius 1 is 1.39 bits per heavy atom. The number of rotatable bonds is 4. The molecule has 3 N–H and O–H groups in total. The van der Waals surface area contributed by atoms with Gasteiger partial charge in [-0.1, -0.05) is 0 Å². The molecule has 0 saturated heterocycles. The number of aromatic nitrogens is 1. The third-order valence-corrected chi connectivity index (χ3v) is 2.22. The van der Waals surface area contributed by atoms with Gasteiger partial charge in [0, 0.05) is 18.0 Å². The number of hydrogen-bond donors (Lipinski definition) is 3. The topological polar surface area (TPSA) is 81.0 Å². The Hall–Kier alpha value is -1.69. The van der Waals surface area contributed by atoms with Gasteiger partial charge in [0.05, 0.1) is 0 Å². The van der Waals surface area contributed by atoms with Crippen molar-refractivity contribution in [2.45, 2.75) is 24.9 Å². The van der Waals surface area contributed by atoms with E-state index in [0.29, 0.717) is 0 Å². The molecule has 8 heteroatoms. The monoisotopic (exact) mass is 260 g/mol. The number of nitrogens with one attached hydrogen (secondary N) is 2. The highest BCUT2D eigenvalue weighted by atomic mass is 19.4. The van der Waals surface area contributed by atoms with Gasteiger partial charge in [-0.2, -0.15) is 18.4 Å². The number of alkyl halides is 3. The number of aliphatic hydroxyl groups is 1. The van der Waals surface area contributed by atoms with Gasteiger partial charge in [0.1, 0.15) is 12.1 Å². The summed E-state index contributed by atoms with van der Waals surface area (Å²) in [5, 5.41) is 18.7. The Bertz CT molecular complexity index is 431. The minimum Gasteiger partial charge on any atom is -0.359 e. The first-order valence-corrected chi connectivity index (χ1v) is 4.93. The molecule has 18 heavy (non-hydrogen) atoms. The average molecular weight is 260 g/mol. The molecule has 0 saturated carbocycles. The third-order valence-electron chi connectivity index (χ3n) is 2.22. The molecule has 0 amide bonds. The average Bonchev–Trinajstić information content (AvgIpc) is 2.35. The van der Waals surface area contributed by atoms with Gasteiger partial charge >= 0.3 is 6.18 Å². The molecule has 0 radical (unpaired) electrons. The van der Waals surface area contributed by atoms with Gasteiger partial charge in [-0.15, -0.1) is 0 Å². The summed E-state index contributed by atoms with van der Waals surface area (Å²) in [6, 6.07) is 2.20. The molecule has 0 bridgehead atoms. The molecular weight excluding hydrogens is 249 g/mol. The molecule has 2 atom stereocenters. The van der Waals surface area contributed by atoms with E-state index in [-0.39, 0.29) is 5.56 Å². The molecule has 5 nitrogen and oxygen atoms in total. The number of pyridine rings is 1. The minimum absolute atomic E-state index is 0.0851. The zero-order chi connectivity index (χ0) is 13.8. The lowest BCUT2D eigenvalue weighted by Gasteiger charge is -2.26. The second-order valence-electron chi connectivity index (χ2n) is 3.59. The van der Waals surface area contributed by atoms with E-state index < -0.39 is 17.9 Å². The van der Waals surface area contributed by atoms with Gasteiger partial charge in [0.2, 0.25) is 5.72 Å². The van der Waals surface area contributed by atoms with Crippen molar-refractivity contribution in [1.29, 1.82) is 5.26 Å². The van der Waals surface area contributed by atoms with Crippen LogP contribution >= 0.6 is 0 Å². The highest BCUT2D eigenvalue weighted by Crippen LogP contribution is 2.20. The van der Waals surface area contributed by atoms with Crippen LogP contribution in [0.15, 0.2) is 24.5 Å². The fourth-order valence-corrected chi connectivity index (χ4v) is 1.05. The number of halogens is 3. The van der Waals surface area contributed by atoms with E-state index in [1.807, 2.05) is 10.9 Å². The normalized spacial score (nSPS) is 16.7. The van der Waals surface area contributed by atoms with Gasteiger partial charge in [-0.3, -0.25) is 4.98 Å². The van der Waals surface area contributed by atoms with Crippen LogP contribution in [0.4, 0.5) is 13.2 Å². The highest BCUT2D eigenvalue weighted by Gasteiger charge is 2.38. The number of nitrogens with zero attached hydrogens (tertiary/aromatic N) is 2. The van der Waals surface area contributed by atoms with Crippen LogP contribution in [-0.2, 0) is 5.72 Å². The van der Waals surface area contributed by atoms with E-state index in [2.05, 4.69) is 4.98 Å². The van der Waals surface area contributed by atoms with Crippen molar-refractivity contribution < 1.29 is 18.3 Å². The lowest BCUT2D eigenvalue weighted by atomic mass is 10.1. The fraction of sp³-hybridized carbons (Fsp3) is 0.400. The summed E-state index contributed by atoms with van der Waals surface area (Å²) in [4.78, 5) is 3.68. The van der Waals surface area contributed by atoms with Gasteiger partial charge in [0.15, 0.2) is 0 Å². The molecule has 1 aromatic rings. The summed E-state index contributed by atoms with van der Waals surface area (Å²) in [6.07, 6.45) is -1.86. The van der Waals surface area contributed by atoms with Crippen molar-refractivity contribution in [2.24, 2.45) is 0 Å². The molecule has 0 aromatic carbocycles. The third kappa shape index (κ3) is 3.40. The van der Waals surface area contributed by atoms with Crippen LogP contribution in [0, 0.1) is 11.3 Å². The summed E-state index contributed by atoms with van der Waals surface area (Å²) >= 11 is 0. The maximum Gasteiger partial charge on any atom is 0.404 e. The number of hydrazine groups is 1. The summed E-state index contributed by atoms with van der Waals surface area (Å²) < 4.78 is 36.8. The fourth-order valence-electron chi connectivity index (χ4n) is 1.05. The van der Waals surface area contributed by atoms with Crippen LogP contribution in [0.2, 0.25) is 0 Å². The maximum absolute atomic E-state index is 12.3. The van der Waals surface area contributed by atoms with E-state index in [9.17, 15) is 18.3 Å². The number of nitriles is 1. The quantitative estimate of drug-likeness (QED) is 0.424. The predicted molar refractivity (Wildman–Crippen MR) is 55.5 cm³/mol. The van der Waals surface area contributed by atoms with Crippen LogP contribution in [0.3, 0.4) is 0 Å². The largest absolute Gasteiger partial charge is 0.404 e. The van der Waals surface area contributed by atoms with E-state index in [1.165, 1.54) is 30.6 Å². The first-order valence-electron chi connectivity index (χ1n) is 4.93. The first-order chi connectivity index (χ1) is 8.29. The van der Waals surface area contributed by atoms with Crippen LogP contribution < -0.4 is 10.9 Å². The molecule has 0 aliphatic rings. The molecule has 98 valence electrons. The van der Waals surface area contributed by atoms with Crippen molar-refractivity contribution in [1.82, 2.24) is 15.8 Å². The first kappa shape index (κ1) is 14.4. The maximum atomic E-state index is 12.3. The van der Waals surface area contributed by atoms with Gasteiger partial charge < -0.3 is 5.11 Å². The Labute approximate surface area is 101 Å². The molecule has 0 fully saturated rings. The Morgan fingerprint density at radius 2 is 1.94 bits per heavy atom. The van der Waals surface area contributed by atoms with Crippen LogP contribution in [0.5, 0.6) is 0 Å². The van der Waals surface area contributed by atoms with E-state index in [0.717, 1.165) is 6.92 Å². The standard InChI is InChI=1S/C10H11F3N4O/c1-7(10(11,12)13)16-17-9(18,6-14)8-2-4-15-5-3-8/h2-5,7,16-18H,1H3. The zero-order valence-corrected chi connectivity index (χ0v) is 9.36. The summed E-state index contributed by atoms with van der Waals surface area (Å²) in [6.45, 7) is 0.858.